The van der Waals surface area contributed by atoms with Crippen LogP contribution >= 0.6 is 23.2 Å². The predicted molar refractivity (Wildman–Crippen MR) is 139 cm³/mol. The highest BCUT2D eigenvalue weighted by atomic mass is 35.5. The molecule has 36 heavy (non-hydrogen) atoms. The maximum Gasteiger partial charge on any atom is 0.241 e. The van der Waals surface area contributed by atoms with Crippen LogP contribution in [-0.2, 0) is 22.6 Å². The molecule has 0 atom stereocenters. The number of hydrogen-bond donors (Lipinski definition) is 1. The van der Waals surface area contributed by atoms with E-state index in [2.05, 4.69) is 49.5 Å². The molecule has 0 aliphatic carbocycles. The lowest BCUT2D eigenvalue weighted by Gasteiger charge is -2.30. The van der Waals surface area contributed by atoms with E-state index in [0.29, 0.717) is 40.4 Å². The zero-order valence-corrected chi connectivity index (χ0v) is 21.5. The average Bonchev–Trinajstić information content (AvgIpc) is 3.36. The molecule has 8 nitrogen and oxygen atoms in total. The molecule has 0 bridgehead atoms. The number of hydrogen-bond acceptors (Lipinski definition) is 7. The molecule has 0 saturated carbocycles. The molecule has 0 unspecified atom stereocenters. The minimum Gasteiger partial charge on any atom is -0.378 e. The minimum atomic E-state index is 0.0139. The van der Waals surface area contributed by atoms with E-state index in [9.17, 15) is 4.79 Å². The molecule has 0 spiro atoms. The van der Waals surface area contributed by atoms with Gasteiger partial charge in [-0.05, 0) is 61.8 Å². The maximum absolute atomic E-state index is 12.8. The van der Waals surface area contributed by atoms with Gasteiger partial charge >= 0.3 is 0 Å². The lowest BCUT2D eigenvalue weighted by molar-refractivity contribution is -0.126. The van der Waals surface area contributed by atoms with Crippen molar-refractivity contribution in [2.24, 2.45) is 5.92 Å². The number of amides is 1. The molecule has 1 N–H and O–H groups in total. The molecule has 2 aliphatic rings. The van der Waals surface area contributed by atoms with Gasteiger partial charge in [-0.25, -0.2) is 0 Å². The Hall–Kier alpha value is -2.65. The number of likely N-dealkylation sites (tertiary alicyclic amines) is 1. The molecule has 190 valence electrons. The molecule has 2 aromatic carbocycles. The van der Waals surface area contributed by atoms with Gasteiger partial charge in [-0.15, -0.1) is 0 Å². The van der Waals surface area contributed by atoms with E-state index in [1.807, 2.05) is 0 Å². The zero-order chi connectivity index (χ0) is 24.9. The molecule has 3 heterocycles. The Morgan fingerprint density at radius 3 is 2.50 bits per heavy atom. The maximum atomic E-state index is 12.8. The third kappa shape index (κ3) is 6.18. The molecule has 2 aliphatic heterocycles. The summed E-state index contributed by atoms with van der Waals surface area (Å²) in [7, 11) is 0. The van der Waals surface area contributed by atoms with Crippen LogP contribution in [0.25, 0.3) is 11.4 Å². The van der Waals surface area contributed by atoms with Crippen LogP contribution < -0.4 is 10.2 Å². The number of rotatable bonds is 7. The first-order valence-electron chi connectivity index (χ1n) is 12.2. The number of piperidine rings is 1. The van der Waals surface area contributed by atoms with Gasteiger partial charge in [-0.3, -0.25) is 9.69 Å². The van der Waals surface area contributed by atoms with E-state index in [-0.39, 0.29) is 11.8 Å². The number of anilines is 1. The van der Waals surface area contributed by atoms with Gasteiger partial charge in [-0.1, -0.05) is 40.5 Å². The van der Waals surface area contributed by atoms with Gasteiger partial charge in [0.05, 0.1) is 24.8 Å². The van der Waals surface area contributed by atoms with Crippen LogP contribution in [0.5, 0.6) is 0 Å². The minimum absolute atomic E-state index is 0.0139. The smallest absolute Gasteiger partial charge is 0.241 e. The van der Waals surface area contributed by atoms with Crippen LogP contribution in [0, 0.1) is 5.92 Å². The molecule has 1 amide bonds. The number of nitrogens with zero attached hydrogens (tertiary/aromatic N) is 4. The first-order chi connectivity index (χ1) is 17.5. The third-order valence-electron chi connectivity index (χ3n) is 6.74. The van der Waals surface area contributed by atoms with E-state index in [4.69, 9.17) is 32.5 Å². The van der Waals surface area contributed by atoms with Crippen molar-refractivity contribution in [1.82, 2.24) is 20.4 Å². The SMILES string of the molecule is O=C(NCc1ccc(N2CCOCC2)cc1)C1CCN(Cc2nc(-c3ccc(Cl)cc3Cl)no2)CC1. The summed E-state index contributed by atoms with van der Waals surface area (Å²) in [4.78, 5) is 21.8. The highest BCUT2D eigenvalue weighted by Crippen LogP contribution is 2.29. The van der Waals surface area contributed by atoms with Crippen molar-refractivity contribution in [2.45, 2.75) is 25.9 Å². The van der Waals surface area contributed by atoms with Crippen molar-refractivity contribution < 1.29 is 14.1 Å². The van der Waals surface area contributed by atoms with Crippen LogP contribution in [0.3, 0.4) is 0 Å². The van der Waals surface area contributed by atoms with Crippen molar-refractivity contribution in [1.29, 1.82) is 0 Å². The number of ether oxygens (including phenoxy) is 1. The van der Waals surface area contributed by atoms with Gasteiger partial charge in [0.15, 0.2) is 0 Å². The Morgan fingerprint density at radius 1 is 1.03 bits per heavy atom. The second kappa shape index (κ2) is 11.6. The van der Waals surface area contributed by atoms with Gasteiger partial charge in [0.25, 0.3) is 0 Å². The molecule has 2 fully saturated rings. The summed E-state index contributed by atoms with van der Waals surface area (Å²) in [6.45, 7) is 6.05. The molecule has 2 saturated heterocycles. The number of aromatic nitrogens is 2. The number of morpholine rings is 1. The lowest BCUT2D eigenvalue weighted by atomic mass is 9.96. The average molecular weight is 530 g/mol. The Bertz CT molecular complexity index is 1170. The predicted octanol–water partition coefficient (Wildman–Crippen LogP) is 4.41. The summed E-state index contributed by atoms with van der Waals surface area (Å²) < 4.78 is 10.9. The standard InChI is InChI=1S/C26H29Cl2N5O3/c27-20-3-6-22(23(28)15-20)25-30-24(36-31-25)17-32-9-7-19(8-10-32)26(34)29-16-18-1-4-21(5-2-18)33-11-13-35-14-12-33/h1-6,15,19H,7-14,16-17H2,(H,29,34). The summed E-state index contributed by atoms with van der Waals surface area (Å²) in [6, 6.07) is 13.6. The van der Waals surface area contributed by atoms with E-state index in [1.165, 1.54) is 5.69 Å². The molecule has 10 heteroatoms. The zero-order valence-electron chi connectivity index (χ0n) is 20.0. The Balaban J connectivity index is 1.06. The van der Waals surface area contributed by atoms with Crippen molar-refractivity contribution in [3.05, 3.63) is 64.0 Å². The van der Waals surface area contributed by atoms with Crippen LogP contribution in [0.2, 0.25) is 10.0 Å². The fraction of sp³-hybridized carbons (Fsp3) is 0.423. The summed E-state index contributed by atoms with van der Waals surface area (Å²) in [5.74, 6) is 1.10. The van der Waals surface area contributed by atoms with E-state index < -0.39 is 0 Å². The molecule has 5 rings (SSSR count). The van der Waals surface area contributed by atoms with Gasteiger partial charge in [0, 0.05) is 41.8 Å². The van der Waals surface area contributed by atoms with Crippen molar-refractivity contribution in [3.63, 3.8) is 0 Å². The van der Waals surface area contributed by atoms with Crippen LogP contribution in [0.15, 0.2) is 47.0 Å². The number of halogens is 2. The van der Waals surface area contributed by atoms with Crippen LogP contribution in [0.1, 0.15) is 24.3 Å². The van der Waals surface area contributed by atoms with Crippen molar-refractivity contribution in [2.75, 3.05) is 44.3 Å². The Labute approximate surface area is 220 Å². The van der Waals surface area contributed by atoms with Crippen molar-refractivity contribution >= 4 is 34.8 Å². The largest absolute Gasteiger partial charge is 0.378 e. The van der Waals surface area contributed by atoms with Crippen LogP contribution in [-0.4, -0.2) is 60.3 Å². The highest BCUT2D eigenvalue weighted by Gasteiger charge is 2.26. The number of carbonyl (C=O) groups excluding carboxylic acids is 1. The monoisotopic (exact) mass is 529 g/mol. The van der Waals surface area contributed by atoms with Crippen molar-refractivity contribution in [3.8, 4) is 11.4 Å². The summed E-state index contributed by atoms with van der Waals surface area (Å²) >= 11 is 12.2. The molecular formula is C26H29Cl2N5O3. The van der Waals surface area contributed by atoms with Gasteiger partial charge in [0.2, 0.25) is 17.6 Å². The summed E-state index contributed by atoms with van der Waals surface area (Å²) in [5, 5.41) is 8.20. The molecule has 0 radical (unpaired) electrons. The van der Waals surface area contributed by atoms with E-state index in [1.54, 1.807) is 18.2 Å². The molecular weight excluding hydrogens is 501 g/mol. The molecule has 3 aromatic rings. The number of carbonyl (C=O) groups is 1. The second-order valence-corrected chi connectivity index (χ2v) is 10.0. The van der Waals surface area contributed by atoms with Crippen LogP contribution in [0.4, 0.5) is 5.69 Å². The number of benzene rings is 2. The Morgan fingerprint density at radius 2 is 1.78 bits per heavy atom. The fourth-order valence-electron chi connectivity index (χ4n) is 4.62. The summed E-state index contributed by atoms with van der Waals surface area (Å²) in [6.07, 6.45) is 1.59. The molecule has 1 aromatic heterocycles. The first kappa shape index (κ1) is 25.0. The van der Waals surface area contributed by atoms with E-state index >= 15 is 0 Å². The quantitative estimate of drug-likeness (QED) is 0.485. The lowest BCUT2D eigenvalue weighted by Crippen LogP contribution is -2.40. The van der Waals surface area contributed by atoms with E-state index in [0.717, 1.165) is 57.8 Å². The normalized spacial score (nSPS) is 17.3. The third-order valence-corrected chi connectivity index (χ3v) is 7.28. The fourth-order valence-corrected chi connectivity index (χ4v) is 5.12. The topological polar surface area (TPSA) is 83.7 Å². The summed E-state index contributed by atoms with van der Waals surface area (Å²) in [5.41, 5.74) is 2.98. The van der Waals surface area contributed by atoms with Gasteiger partial charge < -0.3 is 19.5 Å². The first-order valence-corrected chi connectivity index (χ1v) is 13.0. The van der Waals surface area contributed by atoms with Gasteiger partial charge in [0.1, 0.15) is 0 Å². The number of nitrogens with one attached hydrogen (secondary N) is 1. The Kier molecular flexibility index (Phi) is 8.06. The van der Waals surface area contributed by atoms with Gasteiger partial charge in [-0.2, -0.15) is 4.98 Å². The highest BCUT2D eigenvalue weighted by molar-refractivity contribution is 6.36. The second-order valence-electron chi connectivity index (χ2n) is 9.17.